The van der Waals surface area contributed by atoms with Crippen molar-refractivity contribution < 1.29 is 4.79 Å². The summed E-state index contributed by atoms with van der Waals surface area (Å²) in [5.74, 6) is 0.933. The fraction of sp³-hybridized carbons (Fsp3) is 0.318. The summed E-state index contributed by atoms with van der Waals surface area (Å²) in [4.78, 5) is 19.5. The van der Waals surface area contributed by atoms with E-state index in [2.05, 4.69) is 36.1 Å². The third-order valence-corrected chi connectivity index (χ3v) is 5.37. The van der Waals surface area contributed by atoms with Crippen LogP contribution in [0.5, 0.6) is 0 Å². The lowest BCUT2D eigenvalue weighted by molar-refractivity contribution is -0.120. The first kappa shape index (κ1) is 18.7. The van der Waals surface area contributed by atoms with Gasteiger partial charge in [-0.15, -0.1) is 0 Å². The van der Waals surface area contributed by atoms with Crippen LogP contribution in [0.1, 0.15) is 49.9 Å². The number of amides is 1. The van der Waals surface area contributed by atoms with Gasteiger partial charge in [-0.3, -0.25) is 9.69 Å². The largest absolute Gasteiger partial charge is 0.274 e. The maximum absolute atomic E-state index is 13.2. The minimum absolute atomic E-state index is 0.0162. The van der Waals surface area contributed by atoms with Crippen LogP contribution in [0.4, 0.5) is 5.95 Å². The monoisotopic (exact) mass is 394 g/mol. The number of rotatable bonds is 4. The molecule has 6 heteroatoms. The number of anilines is 1. The molecule has 0 saturated carbocycles. The Labute approximate surface area is 170 Å². The summed E-state index contributed by atoms with van der Waals surface area (Å²) in [6.07, 6.45) is 2.73. The Kier molecular flexibility index (Phi) is 5.18. The van der Waals surface area contributed by atoms with Gasteiger partial charge in [-0.05, 0) is 35.6 Å². The number of carbonyl (C=O) groups excluding carboxylic acids is 1. The standard InChI is InChI=1S/C22H23ClN4O/c1-15(2)12-21(28)26-19(17-8-10-18(23)11-9-17)13-20(16-6-4-3-5-7-16)27-22(26)24-14-25-27/h3-11,14-15,19-20H,12-13H2,1-2H3. The topological polar surface area (TPSA) is 51.0 Å². The molecule has 28 heavy (non-hydrogen) atoms. The van der Waals surface area contributed by atoms with Crippen molar-refractivity contribution >= 4 is 23.5 Å². The zero-order chi connectivity index (χ0) is 19.7. The highest BCUT2D eigenvalue weighted by Gasteiger charge is 2.39. The van der Waals surface area contributed by atoms with Gasteiger partial charge in [-0.2, -0.15) is 10.1 Å². The summed E-state index contributed by atoms with van der Waals surface area (Å²) in [7, 11) is 0. The Balaban J connectivity index is 1.81. The number of nitrogens with zero attached hydrogens (tertiary/aromatic N) is 4. The van der Waals surface area contributed by atoms with Gasteiger partial charge in [0.25, 0.3) is 0 Å². The predicted octanol–water partition coefficient (Wildman–Crippen LogP) is 5.05. The molecule has 2 atom stereocenters. The molecule has 3 aromatic rings. The van der Waals surface area contributed by atoms with Crippen molar-refractivity contribution in [2.45, 2.75) is 38.8 Å². The number of fused-ring (bicyclic) bond motifs is 1. The molecule has 5 nitrogen and oxygen atoms in total. The van der Waals surface area contributed by atoms with Crippen LogP contribution in [0.25, 0.3) is 0 Å². The van der Waals surface area contributed by atoms with E-state index in [1.807, 2.05) is 52.0 Å². The molecule has 4 rings (SSSR count). The van der Waals surface area contributed by atoms with E-state index >= 15 is 0 Å². The molecule has 1 aliphatic rings. The van der Waals surface area contributed by atoms with Gasteiger partial charge >= 0.3 is 0 Å². The van der Waals surface area contributed by atoms with Crippen LogP contribution < -0.4 is 4.90 Å². The molecule has 0 aliphatic carbocycles. The second-order valence-corrected chi connectivity index (χ2v) is 8.03. The van der Waals surface area contributed by atoms with Crippen LogP contribution in [-0.4, -0.2) is 20.7 Å². The molecule has 0 saturated heterocycles. The lowest BCUT2D eigenvalue weighted by Gasteiger charge is -2.39. The van der Waals surface area contributed by atoms with E-state index in [-0.39, 0.29) is 23.9 Å². The van der Waals surface area contributed by atoms with Crippen LogP contribution in [0.3, 0.4) is 0 Å². The Morgan fingerprint density at radius 2 is 1.75 bits per heavy atom. The fourth-order valence-corrected chi connectivity index (χ4v) is 3.97. The van der Waals surface area contributed by atoms with Gasteiger partial charge in [0.2, 0.25) is 11.9 Å². The summed E-state index contributed by atoms with van der Waals surface area (Å²) in [5.41, 5.74) is 2.21. The molecule has 1 aromatic heterocycles. The zero-order valence-electron chi connectivity index (χ0n) is 16.0. The number of benzene rings is 2. The summed E-state index contributed by atoms with van der Waals surface area (Å²) in [5, 5.41) is 5.14. The highest BCUT2D eigenvalue weighted by atomic mass is 35.5. The lowest BCUT2D eigenvalue weighted by Crippen LogP contribution is -2.43. The number of hydrogen-bond acceptors (Lipinski definition) is 3. The molecule has 0 fully saturated rings. The van der Waals surface area contributed by atoms with Crippen LogP contribution in [0.2, 0.25) is 5.02 Å². The highest BCUT2D eigenvalue weighted by Crippen LogP contribution is 2.42. The van der Waals surface area contributed by atoms with Crippen molar-refractivity contribution in [3.05, 3.63) is 77.1 Å². The normalized spacial score (nSPS) is 18.9. The van der Waals surface area contributed by atoms with Crippen molar-refractivity contribution in [2.24, 2.45) is 5.92 Å². The van der Waals surface area contributed by atoms with E-state index in [1.54, 1.807) is 0 Å². The van der Waals surface area contributed by atoms with E-state index in [9.17, 15) is 4.79 Å². The van der Waals surface area contributed by atoms with Crippen LogP contribution >= 0.6 is 11.6 Å². The van der Waals surface area contributed by atoms with Gasteiger partial charge in [0.05, 0.1) is 12.1 Å². The maximum Gasteiger partial charge on any atom is 0.231 e. The number of aromatic nitrogens is 3. The quantitative estimate of drug-likeness (QED) is 0.622. The van der Waals surface area contributed by atoms with Crippen molar-refractivity contribution in [2.75, 3.05) is 4.90 Å². The van der Waals surface area contributed by atoms with E-state index in [0.29, 0.717) is 17.4 Å². The Morgan fingerprint density at radius 3 is 2.43 bits per heavy atom. The third kappa shape index (κ3) is 3.54. The molecule has 144 valence electrons. The average Bonchev–Trinajstić information content (AvgIpc) is 3.17. The first-order valence-corrected chi connectivity index (χ1v) is 9.94. The van der Waals surface area contributed by atoms with E-state index in [1.165, 1.54) is 6.33 Å². The lowest BCUT2D eigenvalue weighted by atomic mass is 9.91. The second-order valence-electron chi connectivity index (χ2n) is 7.60. The summed E-state index contributed by atoms with van der Waals surface area (Å²) in [6.45, 7) is 4.10. The predicted molar refractivity (Wildman–Crippen MR) is 110 cm³/mol. The number of carbonyl (C=O) groups is 1. The van der Waals surface area contributed by atoms with Gasteiger partial charge in [-0.1, -0.05) is 67.9 Å². The fourth-order valence-electron chi connectivity index (χ4n) is 3.85. The second kappa shape index (κ2) is 7.76. The minimum atomic E-state index is -0.120. The minimum Gasteiger partial charge on any atom is -0.274 e. The van der Waals surface area contributed by atoms with Crippen LogP contribution in [-0.2, 0) is 4.79 Å². The van der Waals surface area contributed by atoms with Gasteiger partial charge in [0, 0.05) is 11.4 Å². The van der Waals surface area contributed by atoms with E-state index < -0.39 is 0 Å². The van der Waals surface area contributed by atoms with Gasteiger partial charge in [-0.25, -0.2) is 4.68 Å². The molecule has 2 unspecified atom stereocenters. The Bertz CT molecular complexity index is 952. The molecule has 1 amide bonds. The zero-order valence-corrected chi connectivity index (χ0v) is 16.8. The first-order valence-electron chi connectivity index (χ1n) is 9.56. The van der Waals surface area contributed by atoms with Crippen molar-refractivity contribution in [3.8, 4) is 0 Å². The van der Waals surface area contributed by atoms with E-state index in [0.717, 1.165) is 17.5 Å². The Morgan fingerprint density at radius 1 is 1.07 bits per heavy atom. The molecular formula is C22H23ClN4O. The smallest absolute Gasteiger partial charge is 0.231 e. The number of halogens is 1. The summed E-state index contributed by atoms with van der Waals surface area (Å²) in [6, 6.07) is 17.9. The Hall–Kier alpha value is -2.66. The summed E-state index contributed by atoms with van der Waals surface area (Å²) >= 11 is 6.10. The maximum atomic E-state index is 13.2. The molecule has 0 radical (unpaired) electrons. The molecule has 2 heterocycles. The van der Waals surface area contributed by atoms with Crippen molar-refractivity contribution in [1.29, 1.82) is 0 Å². The summed E-state index contributed by atoms with van der Waals surface area (Å²) < 4.78 is 1.87. The van der Waals surface area contributed by atoms with Crippen molar-refractivity contribution in [1.82, 2.24) is 14.8 Å². The van der Waals surface area contributed by atoms with Crippen molar-refractivity contribution in [3.63, 3.8) is 0 Å². The molecule has 0 bridgehead atoms. The van der Waals surface area contributed by atoms with E-state index in [4.69, 9.17) is 11.6 Å². The van der Waals surface area contributed by atoms with Crippen LogP contribution in [0.15, 0.2) is 60.9 Å². The van der Waals surface area contributed by atoms with Gasteiger partial charge in [0.15, 0.2) is 0 Å². The third-order valence-electron chi connectivity index (χ3n) is 5.11. The van der Waals surface area contributed by atoms with Crippen LogP contribution in [0, 0.1) is 5.92 Å². The molecule has 0 spiro atoms. The molecular weight excluding hydrogens is 372 g/mol. The van der Waals surface area contributed by atoms with Gasteiger partial charge < -0.3 is 0 Å². The molecule has 2 aromatic carbocycles. The molecule has 0 N–H and O–H groups in total. The number of hydrogen-bond donors (Lipinski definition) is 0. The first-order chi connectivity index (χ1) is 13.5. The van der Waals surface area contributed by atoms with Gasteiger partial charge in [0.1, 0.15) is 6.33 Å². The SMILES string of the molecule is CC(C)CC(=O)N1c2ncnn2C(c2ccccc2)CC1c1ccc(Cl)cc1. The molecule has 1 aliphatic heterocycles. The highest BCUT2D eigenvalue weighted by molar-refractivity contribution is 6.30. The average molecular weight is 395 g/mol.